The lowest BCUT2D eigenvalue weighted by molar-refractivity contribution is 0.115. The van der Waals surface area contributed by atoms with Crippen LogP contribution in [0.2, 0.25) is 5.02 Å². The van der Waals surface area contributed by atoms with E-state index in [1.54, 1.807) is 0 Å². The van der Waals surface area contributed by atoms with E-state index in [1.165, 1.54) is 6.42 Å². The Balaban J connectivity index is 1.85. The summed E-state index contributed by atoms with van der Waals surface area (Å²) in [6, 6.07) is 17.8. The highest BCUT2D eigenvalue weighted by Crippen LogP contribution is 2.33. The molecule has 2 atom stereocenters. The molecule has 0 bridgehead atoms. The van der Waals surface area contributed by atoms with E-state index in [0.29, 0.717) is 5.02 Å². The van der Waals surface area contributed by atoms with Crippen molar-refractivity contribution >= 4 is 22.5 Å². The van der Waals surface area contributed by atoms with Crippen LogP contribution in [0.3, 0.4) is 0 Å². The van der Waals surface area contributed by atoms with Gasteiger partial charge in [-0.1, -0.05) is 54.4 Å². The van der Waals surface area contributed by atoms with Crippen molar-refractivity contribution in [1.82, 2.24) is 10.3 Å². The summed E-state index contributed by atoms with van der Waals surface area (Å²) in [4.78, 5) is 4.78. The van der Waals surface area contributed by atoms with E-state index in [4.69, 9.17) is 16.6 Å². The Morgan fingerprint density at radius 2 is 1.92 bits per heavy atom. The van der Waals surface area contributed by atoms with E-state index in [1.807, 2.05) is 54.6 Å². The van der Waals surface area contributed by atoms with E-state index in [-0.39, 0.29) is 6.04 Å². The molecule has 2 N–H and O–H groups in total. The van der Waals surface area contributed by atoms with Crippen LogP contribution in [0, 0.1) is 0 Å². The van der Waals surface area contributed by atoms with E-state index in [9.17, 15) is 5.11 Å². The van der Waals surface area contributed by atoms with Gasteiger partial charge in [-0.15, -0.1) is 0 Å². The summed E-state index contributed by atoms with van der Waals surface area (Å²) in [6.45, 7) is 0.960. The van der Waals surface area contributed by atoms with E-state index in [0.717, 1.165) is 47.1 Å². The summed E-state index contributed by atoms with van der Waals surface area (Å²) in [6.07, 6.45) is 2.74. The maximum Gasteiger partial charge on any atom is 0.0950 e. The van der Waals surface area contributed by atoms with Crippen molar-refractivity contribution in [3.8, 4) is 11.3 Å². The van der Waals surface area contributed by atoms with Crippen molar-refractivity contribution in [1.29, 1.82) is 0 Å². The van der Waals surface area contributed by atoms with Crippen LogP contribution in [-0.2, 0) is 0 Å². The maximum absolute atomic E-state index is 11.1. The number of pyridine rings is 1. The van der Waals surface area contributed by atoms with Crippen LogP contribution in [0.25, 0.3) is 22.2 Å². The van der Waals surface area contributed by atoms with Crippen molar-refractivity contribution in [2.45, 2.75) is 31.4 Å². The highest BCUT2D eigenvalue weighted by molar-refractivity contribution is 6.31. The fraction of sp³-hybridized carbons (Fsp3) is 0.286. The summed E-state index contributed by atoms with van der Waals surface area (Å²) in [5.74, 6) is 0. The second-order valence-corrected chi connectivity index (χ2v) is 7.06. The van der Waals surface area contributed by atoms with E-state index in [2.05, 4.69) is 5.32 Å². The number of rotatable bonds is 3. The number of halogens is 1. The number of nitrogens with zero attached hydrogens (tertiary/aromatic N) is 1. The first kappa shape index (κ1) is 16.5. The Morgan fingerprint density at radius 3 is 2.68 bits per heavy atom. The zero-order chi connectivity index (χ0) is 17.2. The number of piperidine rings is 1. The monoisotopic (exact) mass is 352 g/mol. The summed E-state index contributed by atoms with van der Waals surface area (Å²) in [5, 5.41) is 16.1. The second kappa shape index (κ2) is 7.12. The molecule has 0 aliphatic carbocycles. The number of aliphatic hydroxyl groups is 1. The molecule has 0 amide bonds. The predicted molar refractivity (Wildman–Crippen MR) is 103 cm³/mol. The lowest BCUT2D eigenvalue weighted by Gasteiger charge is -2.29. The molecule has 0 saturated carbocycles. The Morgan fingerprint density at radius 1 is 1.08 bits per heavy atom. The van der Waals surface area contributed by atoms with Gasteiger partial charge in [-0.25, -0.2) is 4.98 Å². The van der Waals surface area contributed by atoms with Crippen LogP contribution in [-0.4, -0.2) is 22.7 Å². The van der Waals surface area contributed by atoms with E-state index < -0.39 is 6.10 Å². The minimum Gasteiger partial charge on any atom is -0.387 e. The van der Waals surface area contributed by atoms with Crippen LogP contribution in [0.5, 0.6) is 0 Å². The largest absolute Gasteiger partial charge is 0.387 e. The van der Waals surface area contributed by atoms with Crippen LogP contribution in [0.4, 0.5) is 0 Å². The number of hydrogen-bond acceptors (Lipinski definition) is 3. The van der Waals surface area contributed by atoms with Gasteiger partial charge >= 0.3 is 0 Å². The lowest BCUT2D eigenvalue weighted by atomic mass is 9.92. The standard InChI is InChI=1S/C21H21ClN2O/c22-15-9-10-16-17(21(25)18-8-4-5-11-23-18)13-19(24-20(16)12-15)14-6-2-1-3-7-14/h1-3,6-7,9-10,12-13,18,21,23,25H,4-5,8,11H2/t18-,21+/m0/s1. The average molecular weight is 353 g/mol. The number of hydrogen-bond donors (Lipinski definition) is 2. The fourth-order valence-electron chi connectivity index (χ4n) is 3.60. The van der Waals surface area contributed by atoms with Crippen LogP contribution >= 0.6 is 11.6 Å². The topological polar surface area (TPSA) is 45.2 Å². The molecule has 0 radical (unpaired) electrons. The molecule has 3 nitrogen and oxygen atoms in total. The zero-order valence-corrected chi connectivity index (χ0v) is 14.7. The minimum atomic E-state index is -0.561. The molecule has 128 valence electrons. The first-order valence-corrected chi connectivity index (χ1v) is 9.17. The molecule has 1 aliphatic heterocycles. The molecule has 2 heterocycles. The van der Waals surface area contributed by atoms with Crippen LogP contribution in [0.15, 0.2) is 54.6 Å². The first-order valence-electron chi connectivity index (χ1n) is 8.79. The normalized spacial score (nSPS) is 19.0. The molecule has 25 heavy (non-hydrogen) atoms. The van der Waals surface area contributed by atoms with Gasteiger partial charge in [0, 0.05) is 22.0 Å². The quantitative estimate of drug-likeness (QED) is 0.716. The number of aromatic nitrogens is 1. The van der Waals surface area contributed by atoms with Crippen molar-refractivity contribution in [3.05, 3.63) is 65.2 Å². The molecule has 4 heteroatoms. The molecule has 1 fully saturated rings. The highest BCUT2D eigenvalue weighted by Gasteiger charge is 2.25. The van der Waals surface area contributed by atoms with Gasteiger partial charge in [0.2, 0.25) is 0 Å². The lowest BCUT2D eigenvalue weighted by Crippen LogP contribution is -2.38. The van der Waals surface area contributed by atoms with Crippen molar-refractivity contribution in [2.24, 2.45) is 0 Å². The third-order valence-corrected chi connectivity index (χ3v) is 5.16. The molecule has 0 spiro atoms. The third-order valence-electron chi connectivity index (χ3n) is 4.92. The van der Waals surface area contributed by atoms with Gasteiger partial charge < -0.3 is 10.4 Å². The molecule has 3 aromatic rings. The zero-order valence-electron chi connectivity index (χ0n) is 14.0. The molecular formula is C21H21ClN2O. The number of aliphatic hydroxyl groups excluding tert-OH is 1. The second-order valence-electron chi connectivity index (χ2n) is 6.63. The molecule has 0 unspecified atom stereocenters. The van der Waals surface area contributed by atoms with Gasteiger partial charge in [0.05, 0.1) is 17.3 Å². The van der Waals surface area contributed by atoms with Gasteiger partial charge in [-0.3, -0.25) is 0 Å². The Bertz CT molecular complexity index is 876. The van der Waals surface area contributed by atoms with Gasteiger partial charge in [0.1, 0.15) is 0 Å². The molecule has 1 aromatic heterocycles. The van der Waals surface area contributed by atoms with Crippen LogP contribution < -0.4 is 5.32 Å². The van der Waals surface area contributed by atoms with Crippen molar-refractivity contribution < 1.29 is 5.11 Å². The SMILES string of the molecule is O[C@H](c1cc(-c2ccccc2)nc2cc(Cl)ccc12)[C@@H]1CCCCN1. The van der Waals surface area contributed by atoms with Gasteiger partial charge in [-0.05, 0) is 43.1 Å². The minimum absolute atomic E-state index is 0.0821. The summed E-state index contributed by atoms with van der Waals surface area (Å²) in [5.41, 5.74) is 3.63. The molecular weight excluding hydrogens is 332 g/mol. The number of nitrogens with one attached hydrogen (secondary N) is 1. The molecule has 1 aliphatic rings. The molecule has 1 saturated heterocycles. The Kier molecular flexibility index (Phi) is 4.71. The molecule has 4 rings (SSSR count). The maximum atomic E-state index is 11.1. The Hall–Kier alpha value is -1.94. The first-order chi connectivity index (χ1) is 12.2. The summed E-state index contributed by atoms with van der Waals surface area (Å²) in [7, 11) is 0. The highest BCUT2D eigenvalue weighted by atomic mass is 35.5. The number of benzene rings is 2. The summed E-state index contributed by atoms with van der Waals surface area (Å²) >= 11 is 6.18. The Labute approximate surface area is 152 Å². The number of fused-ring (bicyclic) bond motifs is 1. The van der Waals surface area contributed by atoms with E-state index >= 15 is 0 Å². The smallest absolute Gasteiger partial charge is 0.0950 e. The van der Waals surface area contributed by atoms with Crippen molar-refractivity contribution in [3.63, 3.8) is 0 Å². The van der Waals surface area contributed by atoms with Crippen molar-refractivity contribution in [2.75, 3.05) is 6.54 Å². The predicted octanol–water partition coefficient (Wildman–Crippen LogP) is 4.73. The molecule has 2 aromatic carbocycles. The average Bonchev–Trinajstić information content (AvgIpc) is 2.67. The fourth-order valence-corrected chi connectivity index (χ4v) is 3.76. The van der Waals surface area contributed by atoms with Gasteiger partial charge in [-0.2, -0.15) is 0 Å². The van der Waals surface area contributed by atoms with Gasteiger partial charge in [0.25, 0.3) is 0 Å². The summed E-state index contributed by atoms with van der Waals surface area (Å²) < 4.78 is 0. The van der Waals surface area contributed by atoms with Gasteiger partial charge in [0.15, 0.2) is 0 Å². The van der Waals surface area contributed by atoms with Crippen LogP contribution in [0.1, 0.15) is 30.9 Å². The third kappa shape index (κ3) is 3.40.